The number of carbonyl (C=O) groups is 1. The van der Waals surface area contributed by atoms with E-state index >= 15 is 0 Å². The van der Waals surface area contributed by atoms with Crippen LogP contribution in [0.5, 0.6) is 5.75 Å². The summed E-state index contributed by atoms with van der Waals surface area (Å²) < 4.78 is 13.0. The molecule has 5 rings (SSSR count). The number of carbonyl (C=O) groups excluding carboxylic acids is 1. The molecule has 3 heterocycles. The van der Waals surface area contributed by atoms with Gasteiger partial charge >= 0.3 is 5.97 Å². The van der Waals surface area contributed by atoms with E-state index in [0.717, 1.165) is 46.8 Å². The van der Waals surface area contributed by atoms with Gasteiger partial charge in [0.05, 0.1) is 19.4 Å². The average molecular weight is 503 g/mol. The number of ether oxygens (including phenoxy) is 2. The number of anilines is 1. The molecule has 37 heavy (non-hydrogen) atoms. The summed E-state index contributed by atoms with van der Waals surface area (Å²) in [7, 11) is 1.63. The molecule has 1 N–H and O–H groups in total. The van der Waals surface area contributed by atoms with E-state index in [-0.39, 0.29) is 29.1 Å². The molecule has 2 aromatic heterocycles. The number of nitrogens with zero attached hydrogens (tertiary/aromatic N) is 3. The minimum absolute atomic E-state index is 0.0234. The largest absolute Gasteiger partial charge is 0.496 e. The highest BCUT2D eigenvalue weighted by molar-refractivity contribution is 5.89. The molecular formula is C29H34N4O4. The van der Waals surface area contributed by atoms with Crippen LogP contribution in [-0.2, 0) is 11.2 Å². The van der Waals surface area contributed by atoms with Crippen LogP contribution in [0.3, 0.4) is 0 Å². The van der Waals surface area contributed by atoms with Gasteiger partial charge in [-0.3, -0.25) is 4.79 Å². The van der Waals surface area contributed by atoms with Crippen molar-refractivity contribution in [3.05, 3.63) is 58.1 Å². The zero-order valence-corrected chi connectivity index (χ0v) is 22.1. The molecule has 8 heteroatoms. The van der Waals surface area contributed by atoms with Crippen molar-refractivity contribution < 1.29 is 14.3 Å². The number of hydrogen-bond acceptors (Lipinski definition) is 7. The highest BCUT2D eigenvalue weighted by atomic mass is 16.5. The van der Waals surface area contributed by atoms with Crippen molar-refractivity contribution >= 4 is 11.9 Å². The van der Waals surface area contributed by atoms with Gasteiger partial charge < -0.3 is 19.4 Å². The lowest BCUT2D eigenvalue weighted by Gasteiger charge is -2.39. The van der Waals surface area contributed by atoms with Crippen LogP contribution in [0.25, 0.3) is 22.4 Å². The second-order valence-corrected chi connectivity index (χ2v) is 11.0. The third kappa shape index (κ3) is 4.97. The summed E-state index contributed by atoms with van der Waals surface area (Å²) in [5, 5.41) is 3.30. The van der Waals surface area contributed by atoms with Crippen LogP contribution in [0.15, 0.2) is 41.6 Å². The van der Waals surface area contributed by atoms with E-state index in [0.29, 0.717) is 11.7 Å². The molecule has 1 aromatic carbocycles. The standard InChI is InChI=1S/C29H34N4O4/c1-6-37-27(35)22-16-33-23(12-24(22)34)20-11-25(36-5)21(9-18(20)10-26(33)29(2,3)4)19-14-31-28(32-15-19)30-13-17-7-8-17/h9,11-12,14-17,26H,6-8,10,13H2,1-5H3,(H,30,31,32). The number of aromatic nitrogens is 3. The maximum Gasteiger partial charge on any atom is 0.343 e. The highest BCUT2D eigenvalue weighted by Gasteiger charge is 2.34. The molecule has 0 saturated heterocycles. The lowest BCUT2D eigenvalue weighted by Crippen LogP contribution is -2.33. The van der Waals surface area contributed by atoms with Crippen molar-refractivity contribution in [1.29, 1.82) is 0 Å². The van der Waals surface area contributed by atoms with Crippen LogP contribution in [0.4, 0.5) is 5.95 Å². The Labute approximate surface area is 217 Å². The monoisotopic (exact) mass is 502 g/mol. The number of nitrogens with one attached hydrogen (secondary N) is 1. The first-order chi connectivity index (χ1) is 17.7. The van der Waals surface area contributed by atoms with E-state index in [4.69, 9.17) is 9.47 Å². The second-order valence-electron chi connectivity index (χ2n) is 11.0. The molecule has 194 valence electrons. The van der Waals surface area contributed by atoms with Gasteiger partial charge in [-0.15, -0.1) is 0 Å². The number of esters is 1. The molecule has 8 nitrogen and oxygen atoms in total. The normalized spacial score (nSPS) is 16.5. The molecule has 0 radical (unpaired) electrons. The molecule has 1 atom stereocenters. The Balaban J connectivity index is 1.59. The predicted molar refractivity (Wildman–Crippen MR) is 143 cm³/mol. The van der Waals surface area contributed by atoms with Gasteiger partial charge in [-0.2, -0.15) is 0 Å². The molecule has 2 aliphatic rings. The van der Waals surface area contributed by atoms with Crippen molar-refractivity contribution in [2.45, 2.75) is 53.0 Å². The number of rotatable bonds is 7. The first-order valence-electron chi connectivity index (χ1n) is 12.9. The Bertz CT molecular complexity index is 1380. The summed E-state index contributed by atoms with van der Waals surface area (Å²) in [6, 6.07) is 5.66. The minimum Gasteiger partial charge on any atom is -0.496 e. The number of benzene rings is 1. The van der Waals surface area contributed by atoms with E-state index in [1.54, 1.807) is 26.3 Å². The smallest absolute Gasteiger partial charge is 0.343 e. The molecule has 0 bridgehead atoms. The molecule has 1 fully saturated rings. The summed E-state index contributed by atoms with van der Waals surface area (Å²) in [4.78, 5) is 34.5. The van der Waals surface area contributed by atoms with Gasteiger partial charge in [-0.1, -0.05) is 20.8 Å². The Kier molecular flexibility index (Phi) is 6.52. The Hall–Kier alpha value is -3.68. The Morgan fingerprint density at radius 1 is 1.14 bits per heavy atom. The molecule has 3 aromatic rings. The van der Waals surface area contributed by atoms with Gasteiger partial charge in [0.2, 0.25) is 5.95 Å². The molecular weight excluding hydrogens is 468 g/mol. The van der Waals surface area contributed by atoms with E-state index in [9.17, 15) is 9.59 Å². The van der Waals surface area contributed by atoms with Crippen LogP contribution in [0.1, 0.15) is 62.5 Å². The fourth-order valence-corrected chi connectivity index (χ4v) is 4.96. The maximum absolute atomic E-state index is 13.0. The fourth-order valence-electron chi connectivity index (χ4n) is 4.96. The number of hydrogen-bond donors (Lipinski definition) is 1. The molecule has 1 unspecified atom stereocenters. The fraction of sp³-hybridized carbons (Fsp3) is 0.448. The van der Waals surface area contributed by atoms with E-state index in [2.05, 4.69) is 46.7 Å². The van der Waals surface area contributed by atoms with E-state index in [1.165, 1.54) is 12.8 Å². The summed E-state index contributed by atoms with van der Waals surface area (Å²) in [5.74, 6) is 1.45. The molecule has 0 amide bonds. The van der Waals surface area contributed by atoms with E-state index in [1.807, 2.05) is 18.5 Å². The van der Waals surface area contributed by atoms with Crippen molar-refractivity contribution in [2.75, 3.05) is 25.6 Å². The highest BCUT2D eigenvalue weighted by Crippen LogP contribution is 2.45. The lowest BCUT2D eigenvalue weighted by molar-refractivity contribution is 0.0523. The van der Waals surface area contributed by atoms with Crippen LogP contribution < -0.4 is 15.5 Å². The Morgan fingerprint density at radius 2 is 1.86 bits per heavy atom. The van der Waals surface area contributed by atoms with Crippen LogP contribution in [-0.4, -0.2) is 40.8 Å². The van der Waals surface area contributed by atoms with Crippen LogP contribution in [0, 0.1) is 11.3 Å². The minimum atomic E-state index is -0.593. The summed E-state index contributed by atoms with van der Waals surface area (Å²) in [5.41, 5.74) is 4.12. The zero-order valence-electron chi connectivity index (χ0n) is 22.1. The van der Waals surface area contributed by atoms with Gasteiger partial charge in [0, 0.05) is 53.9 Å². The summed E-state index contributed by atoms with van der Waals surface area (Å²) >= 11 is 0. The molecule has 0 spiro atoms. The van der Waals surface area contributed by atoms with E-state index < -0.39 is 5.97 Å². The van der Waals surface area contributed by atoms with Crippen molar-refractivity contribution in [3.63, 3.8) is 0 Å². The van der Waals surface area contributed by atoms with Crippen molar-refractivity contribution in [3.8, 4) is 28.1 Å². The zero-order chi connectivity index (χ0) is 26.3. The summed E-state index contributed by atoms with van der Waals surface area (Å²) in [6.07, 6.45) is 8.58. The number of fused-ring (bicyclic) bond motifs is 3. The van der Waals surface area contributed by atoms with Crippen LogP contribution >= 0.6 is 0 Å². The number of pyridine rings is 1. The first kappa shape index (κ1) is 25.0. The van der Waals surface area contributed by atoms with Gasteiger partial charge in [0.25, 0.3) is 0 Å². The van der Waals surface area contributed by atoms with Gasteiger partial charge in [-0.05, 0) is 55.2 Å². The third-order valence-electron chi connectivity index (χ3n) is 7.23. The van der Waals surface area contributed by atoms with Gasteiger partial charge in [-0.25, -0.2) is 14.8 Å². The third-order valence-corrected chi connectivity index (χ3v) is 7.23. The Morgan fingerprint density at radius 3 is 2.49 bits per heavy atom. The topological polar surface area (TPSA) is 95.3 Å². The quantitative estimate of drug-likeness (QED) is 0.448. The average Bonchev–Trinajstić information content (AvgIpc) is 3.70. The predicted octanol–water partition coefficient (Wildman–Crippen LogP) is 5.12. The summed E-state index contributed by atoms with van der Waals surface area (Å²) in [6.45, 7) is 9.36. The second kappa shape index (κ2) is 9.65. The number of methoxy groups -OCH3 is 1. The lowest BCUT2D eigenvalue weighted by atomic mass is 9.78. The van der Waals surface area contributed by atoms with Crippen LogP contribution in [0.2, 0.25) is 0 Å². The van der Waals surface area contributed by atoms with Gasteiger partial charge in [0.15, 0.2) is 5.43 Å². The van der Waals surface area contributed by atoms with Crippen molar-refractivity contribution in [1.82, 2.24) is 14.5 Å². The SMILES string of the molecule is CCOC(=O)c1cn2c(cc1=O)-c1cc(OC)c(-c3cnc(NCC4CC4)nc3)cc1CC2C(C)(C)C. The van der Waals surface area contributed by atoms with Crippen molar-refractivity contribution in [2.24, 2.45) is 11.3 Å². The molecule has 1 aliphatic heterocycles. The maximum atomic E-state index is 13.0. The molecule has 1 aliphatic carbocycles. The van der Waals surface area contributed by atoms with Gasteiger partial charge in [0.1, 0.15) is 11.3 Å². The first-order valence-corrected chi connectivity index (χ1v) is 12.9. The molecule has 1 saturated carbocycles.